The van der Waals surface area contributed by atoms with Gasteiger partial charge in [-0.1, -0.05) is 43.0 Å². The summed E-state index contributed by atoms with van der Waals surface area (Å²) in [5.41, 5.74) is 3.12. The molecule has 1 heterocycles. The average Bonchev–Trinajstić information content (AvgIpc) is 2.84. The normalized spacial score (nSPS) is 15.1. The Kier molecular flexibility index (Phi) is 6.40. The molecule has 0 radical (unpaired) electrons. The molecular weight excluding hydrogens is 402 g/mol. The third-order valence-electron chi connectivity index (χ3n) is 6.32. The van der Waals surface area contributed by atoms with E-state index >= 15 is 0 Å². The fraction of sp³-hybridized carbons (Fsp3) is 0.346. The van der Waals surface area contributed by atoms with E-state index in [-0.39, 0.29) is 5.91 Å². The average molecular weight is 432 g/mol. The molecular formula is C26H29N3O3. The molecule has 0 atom stereocenters. The van der Waals surface area contributed by atoms with Crippen LogP contribution in [0.2, 0.25) is 0 Å². The summed E-state index contributed by atoms with van der Waals surface area (Å²) < 4.78 is 10.8. The number of amides is 1. The van der Waals surface area contributed by atoms with Crippen molar-refractivity contribution in [2.75, 3.05) is 19.5 Å². The summed E-state index contributed by atoms with van der Waals surface area (Å²) in [4.78, 5) is 22.4. The van der Waals surface area contributed by atoms with Crippen molar-refractivity contribution < 1.29 is 14.3 Å². The largest absolute Gasteiger partial charge is 0.497 e. The van der Waals surface area contributed by atoms with Crippen molar-refractivity contribution in [1.82, 2.24) is 9.97 Å². The first kappa shape index (κ1) is 21.8. The summed E-state index contributed by atoms with van der Waals surface area (Å²) in [6, 6.07) is 15.6. The van der Waals surface area contributed by atoms with E-state index in [2.05, 4.69) is 15.3 Å². The van der Waals surface area contributed by atoms with E-state index < -0.39 is 5.41 Å². The first-order chi connectivity index (χ1) is 15.6. The van der Waals surface area contributed by atoms with E-state index in [4.69, 9.17) is 9.47 Å². The Morgan fingerprint density at radius 1 is 0.938 bits per heavy atom. The molecule has 0 spiro atoms. The molecule has 0 bridgehead atoms. The fourth-order valence-corrected chi connectivity index (χ4v) is 4.54. The maximum atomic E-state index is 13.6. The Bertz CT molecular complexity index is 1090. The number of aryl methyl sites for hydroxylation is 1. The van der Waals surface area contributed by atoms with Gasteiger partial charge in [0.15, 0.2) is 0 Å². The van der Waals surface area contributed by atoms with Gasteiger partial charge in [0.25, 0.3) is 0 Å². The molecule has 166 valence electrons. The third kappa shape index (κ3) is 4.31. The first-order valence-corrected chi connectivity index (χ1v) is 11.0. The zero-order valence-electron chi connectivity index (χ0n) is 18.9. The van der Waals surface area contributed by atoms with E-state index in [0.29, 0.717) is 11.5 Å². The second kappa shape index (κ2) is 9.39. The molecule has 1 aliphatic rings. The number of rotatable bonds is 6. The lowest BCUT2D eigenvalue weighted by molar-refractivity contribution is -0.122. The van der Waals surface area contributed by atoms with Gasteiger partial charge in [-0.15, -0.1) is 0 Å². The number of hydrogen-bond acceptors (Lipinski definition) is 5. The highest BCUT2D eigenvalue weighted by atomic mass is 16.5. The number of aromatic nitrogens is 2. The summed E-state index contributed by atoms with van der Waals surface area (Å²) in [5.74, 6) is 1.98. The van der Waals surface area contributed by atoms with Crippen LogP contribution in [0.25, 0.3) is 11.3 Å². The molecule has 6 heteroatoms. The molecule has 3 aromatic rings. The summed E-state index contributed by atoms with van der Waals surface area (Å²) in [6.07, 6.45) is 6.30. The Labute approximate surface area is 189 Å². The maximum Gasteiger partial charge on any atom is 0.236 e. The van der Waals surface area contributed by atoms with E-state index in [0.717, 1.165) is 60.3 Å². The maximum absolute atomic E-state index is 13.6. The van der Waals surface area contributed by atoms with Crippen molar-refractivity contribution >= 4 is 11.7 Å². The quantitative estimate of drug-likeness (QED) is 0.573. The highest BCUT2D eigenvalue weighted by Gasteiger charge is 2.41. The van der Waals surface area contributed by atoms with Gasteiger partial charge in [0, 0.05) is 11.6 Å². The number of nitrogens with one attached hydrogen (secondary N) is 1. The van der Waals surface area contributed by atoms with Crippen LogP contribution in [0.1, 0.15) is 43.2 Å². The lowest BCUT2D eigenvalue weighted by atomic mass is 9.68. The van der Waals surface area contributed by atoms with Gasteiger partial charge in [-0.05, 0) is 49.6 Å². The molecule has 0 aliphatic heterocycles. The zero-order valence-corrected chi connectivity index (χ0v) is 18.9. The van der Waals surface area contributed by atoms with Gasteiger partial charge in [0.2, 0.25) is 5.91 Å². The first-order valence-electron chi connectivity index (χ1n) is 11.0. The van der Waals surface area contributed by atoms with Crippen molar-refractivity contribution in [3.05, 3.63) is 66.0 Å². The Hall–Kier alpha value is -3.41. The summed E-state index contributed by atoms with van der Waals surface area (Å²) in [5, 5.41) is 3.08. The fourth-order valence-electron chi connectivity index (χ4n) is 4.54. The van der Waals surface area contributed by atoms with Crippen LogP contribution in [-0.2, 0) is 10.2 Å². The molecule has 1 aromatic heterocycles. The van der Waals surface area contributed by atoms with Gasteiger partial charge in [-0.2, -0.15) is 0 Å². The molecule has 0 saturated heterocycles. The minimum Gasteiger partial charge on any atom is -0.497 e. The number of nitrogens with zero attached hydrogens (tertiary/aromatic N) is 2. The zero-order chi connectivity index (χ0) is 22.6. The molecule has 2 aromatic carbocycles. The summed E-state index contributed by atoms with van der Waals surface area (Å²) in [6.45, 7) is 2.02. The molecule has 1 N–H and O–H groups in total. The molecule has 1 saturated carbocycles. The van der Waals surface area contributed by atoms with E-state index in [9.17, 15) is 4.79 Å². The standard InChI is InChI=1S/C26H29N3O3/c1-18-7-12-23(32-3)21(15-18)22-16-24(28-17-27-22)29-25(30)26(13-5-4-6-14-26)19-8-10-20(31-2)11-9-19/h7-12,15-17H,4-6,13-14H2,1-3H3,(H,27,28,29,30). The van der Waals surface area contributed by atoms with Gasteiger partial charge in [-0.25, -0.2) is 9.97 Å². The van der Waals surface area contributed by atoms with Crippen LogP contribution >= 0.6 is 0 Å². The SMILES string of the molecule is COc1ccc(C2(C(=O)Nc3cc(-c4cc(C)ccc4OC)ncn3)CCCCC2)cc1. The van der Waals surface area contributed by atoms with Crippen molar-refractivity contribution in [3.8, 4) is 22.8 Å². The van der Waals surface area contributed by atoms with Gasteiger partial charge in [0.1, 0.15) is 23.6 Å². The van der Waals surface area contributed by atoms with Gasteiger partial charge >= 0.3 is 0 Å². The number of methoxy groups -OCH3 is 2. The second-order valence-electron chi connectivity index (χ2n) is 8.32. The summed E-state index contributed by atoms with van der Waals surface area (Å²) in [7, 11) is 3.29. The van der Waals surface area contributed by atoms with Crippen LogP contribution in [0.5, 0.6) is 11.5 Å². The van der Waals surface area contributed by atoms with Crippen LogP contribution in [0, 0.1) is 6.92 Å². The molecule has 32 heavy (non-hydrogen) atoms. The third-order valence-corrected chi connectivity index (χ3v) is 6.32. The number of ether oxygens (including phenoxy) is 2. The molecule has 1 aliphatic carbocycles. The lowest BCUT2D eigenvalue weighted by Gasteiger charge is -2.36. The number of benzene rings is 2. The van der Waals surface area contributed by atoms with Gasteiger partial charge < -0.3 is 14.8 Å². The monoisotopic (exact) mass is 431 g/mol. The van der Waals surface area contributed by atoms with Crippen molar-refractivity contribution in [1.29, 1.82) is 0 Å². The van der Waals surface area contributed by atoms with Crippen LogP contribution in [-0.4, -0.2) is 30.1 Å². The van der Waals surface area contributed by atoms with Crippen molar-refractivity contribution in [3.63, 3.8) is 0 Å². The van der Waals surface area contributed by atoms with Crippen molar-refractivity contribution in [2.24, 2.45) is 0 Å². The molecule has 1 amide bonds. The number of carbonyl (C=O) groups is 1. The minimum absolute atomic E-state index is 0.0248. The van der Waals surface area contributed by atoms with Crippen molar-refractivity contribution in [2.45, 2.75) is 44.4 Å². The van der Waals surface area contributed by atoms with E-state index in [1.54, 1.807) is 20.3 Å². The van der Waals surface area contributed by atoms with Gasteiger partial charge in [-0.3, -0.25) is 4.79 Å². The Morgan fingerprint density at radius 3 is 2.38 bits per heavy atom. The Balaban J connectivity index is 1.64. The van der Waals surface area contributed by atoms with Crippen LogP contribution < -0.4 is 14.8 Å². The van der Waals surface area contributed by atoms with Crippen LogP contribution in [0.15, 0.2) is 54.9 Å². The molecule has 0 unspecified atom stereocenters. The second-order valence-corrected chi connectivity index (χ2v) is 8.32. The van der Waals surface area contributed by atoms with Crippen LogP contribution in [0.4, 0.5) is 5.82 Å². The number of hydrogen-bond donors (Lipinski definition) is 1. The number of anilines is 1. The molecule has 4 rings (SSSR count). The minimum atomic E-state index is -0.573. The van der Waals surface area contributed by atoms with Gasteiger partial charge in [0.05, 0.1) is 25.3 Å². The topological polar surface area (TPSA) is 73.3 Å². The lowest BCUT2D eigenvalue weighted by Crippen LogP contribution is -2.42. The highest BCUT2D eigenvalue weighted by molar-refractivity contribution is 5.99. The summed E-state index contributed by atoms with van der Waals surface area (Å²) >= 11 is 0. The van der Waals surface area contributed by atoms with E-state index in [1.807, 2.05) is 49.4 Å². The molecule has 1 fully saturated rings. The number of carbonyl (C=O) groups excluding carboxylic acids is 1. The molecule has 6 nitrogen and oxygen atoms in total. The van der Waals surface area contributed by atoms with Crippen LogP contribution in [0.3, 0.4) is 0 Å². The smallest absolute Gasteiger partial charge is 0.236 e. The predicted molar refractivity (Wildman–Crippen MR) is 125 cm³/mol. The predicted octanol–water partition coefficient (Wildman–Crippen LogP) is 5.31. The Morgan fingerprint density at radius 2 is 1.69 bits per heavy atom. The van der Waals surface area contributed by atoms with E-state index in [1.165, 1.54) is 6.33 Å². The highest BCUT2D eigenvalue weighted by Crippen LogP contribution is 2.41.